The molecule has 0 aliphatic rings. The van der Waals surface area contributed by atoms with Crippen molar-refractivity contribution in [1.29, 1.82) is 0 Å². The van der Waals surface area contributed by atoms with E-state index in [1.807, 2.05) is 0 Å². The minimum Gasteiger partial charge on any atom is -0.294 e. The molecule has 0 aromatic carbocycles. The molecule has 0 radical (unpaired) electrons. The number of hydrogen-bond donors (Lipinski definition) is 1. The van der Waals surface area contributed by atoms with Crippen molar-refractivity contribution in [2.45, 2.75) is 96.7 Å². The lowest BCUT2D eigenvalue weighted by molar-refractivity contribution is 0.375. The fourth-order valence-electron chi connectivity index (χ4n) is 2.81. The highest BCUT2D eigenvalue weighted by Gasteiger charge is 2.38. The molecule has 21 heavy (non-hydrogen) atoms. The Morgan fingerprint density at radius 1 is 0.762 bits per heavy atom. The largest absolute Gasteiger partial charge is 0.387 e. The van der Waals surface area contributed by atoms with Crippen molar-refractivity contribution in [1.82, 2.24) is 0 Å². The molecule has 4 nitrogen and oxygen atoms in total. The molecule has 0 atom stereocenters. The summed E-state index contributed by atoms with van der Waals surface area (Å²) >= 11 is 0. The Labute approximate surface area is 132 Å². The minimum atomic E-state index is -4.33. The molecule has 0 aromatic heterocycles. The Balaban J connectivity index is 4.86. The maximum absolute atomic E-state index is 11.3. The van der Waals surface area contributed by atoms with Crippen LogP contribution in [0.1, 0.15) is 78.6 Å². The molecule has 0 saturated heterocycles. The summed E-state index contributed by atoms with van der Waals surface area (Å²) in [6.07, 6.45) is 9.67. The van der Waals surface area contributed by atoms with E-state index in [-0.39, 0.29) is 0 Å². The van der Waals surface area contributed by atoms with Crippen LogP contribution in [-0.2, 0) is 14.3 Å². The van der Waals surface area contributed by atoms with Gasteiger partial charge in [0.25, 0.3) is 0 Å². The molecule has 1 N–H and O–H groups in total. The van der Waals surface area contributed by atoms with E-state index >= 15 is 0 Å². The van der Waals surface area contributed by atoms with Crippen LogP contribution in [0.25, 0.3) is 0 Å². The Kier molecular flexibility index (Phi) is 11.7. The number of rotatable bonds is 14. The van der Waals surface area contributed by atoms with Crippen molar-refractivity contribution in [2.24, 2.45) is 0 Å². The molecule has 128 valence electrons. The van der Waals surface area contributed by atoms with Crippen LogP contribution in [0.4, 0.5) is 0 Å². The highest BCUT2D eigenvalue weighted by molar-refractivity contribution is 7.82. The van der Waals surface area contributed by atoms with Crippen LogP contribution < -0.4 is 0 Å². The molecule has 0 heterocycles. The van der Waals surface area contributed by atoms with Crippen LogP contribution in [-0.4, -0.2) is 21.3 Å². The van der Waals surface area contributed by atoms with Gasteiger partial charge in [-0.05, 0) is 18.1 Å². The maximum atomic E-state index is 11.3. The summed E-state index contributed by atoms with van der Waals surface area (Å²) in [5, 5.41) is 0. The summed E-state index contributed by atoms with van der Waals surface area (Å²) in [4.78, 5) is 0. The lowest BCUT2D eigenvalue weighted by Gasteiger charge is -2.29. The fraction of sp³-hybridized carbons (Fsp3) is 1.00. The first kappa shape index (κ1) is 21.1. The Bertz CT molecular complexity index is 317. The van der Waals surface area contributed by atoms with Gasteiger partial charge < -0.3 is 0 Å². The number of hydrogen-bond acceptors (Lipinski definition) is 3. The van der Waals surface area contributed by atoms with E-state index in [1.165, 1.54) is 0 Å². The standard InChI is InChI=1S/C15H34O4SSi/c1-4-7-10-13-21(14-11-8-5-2,15-12-9-6-3)19-20(16,17)18/h4-15H2,1-3H3,(H,16,17,18). The highest BCUT2D eigenvalue weighted by atomic mass is 32.3. The first-order valence-corrected chi connectivity index (χ1v) is 12.5. The predicted octanol–water partition coefficient (Wildman–Crippen LogP) is 5.32. The van der Waals surface area contributed by atoms with Gasteiger partial charge in [-0.2, -0.15) is 8.42 Å². The average molecular weight is 339 g/mol. The molecule has 0 aliphatic heterocycles. The van der Waals surface area contributed by atoms with Crippen LogP contribution in [0.5, 0.6) is 0 Å². The van der Waals surface area contributed by atoms with Gasteiger partial charge >= 0.3 is 10.4 Å². The van der Waals surface area contributed by atoms with Crippen molar-refractivity contribution < 1.29 is 16.8 Å². The summed E-state index contributed by atoms with van der Waals surface area (Å²) in [5.74, 6) is 0. The third kappa shape index (κ3) is 11.3. The lowest BCUT2D eigenvalue weighted by atomic mass is 10.3. The smallest absolute Gasteiger partial charge is 0.294 e. The monoisotopic (exact) mass is 338 g/mol. The van der Waals surface area contributed by atoms with Crippen LogP contribution in [0, 0.1) is 0 Å². The number of unbranched alkanes of at least 4 members (excludes halogenated alkanes) is 6. The van der Waals surface area contributed by atoms with E-state index in [4.69, 9.17) is 3.87 Å². The Morgan fingerprint density at radius 3 is 1.33 bits per heavy atom. The van der Waals surface area contributed by atoms with Crippen molar-refractivity contribution >= 4 is 18.7 Å². The van der Waals surface area contributed by atoms with E-state index in [1.54, 1.807) is 0 Å². The summed E-state index contributed by atoms with van der Waals surface area (Å²) in [7, 11) is -6.71. The minimum absolute atomic E-state index is 0.855. The van der Waals surface area contributed by atoms with Crippen molar-refractivity contribution in [3.63, 3.8) is 0 Å². The third-order valence-electron chi connectivity index (χ3n) is 3.99. The van der Waals surface area contributed by atoms with Gasteiger partial charge in [0.2, 0.25) is 8.32 Å². The zero-order valence-corrected chi connectivity index (χ0v) is 15.9. The topological polar surface area (TPSA) is 63.6 Å². The van der Waals surface area contributed by atoms with Crippen molar-refractivity contribution in [3.8, 4) is 0 Å². The fourth-order valence-corrected chi connectivity index (χ4v) is 9.04. The molecule has 6 heteroatoms. The SMILES string of the molecule is CCCCC[Si](CCCCC)(CCCCC)OS(=O)(=O)O. The second-order valence-corrected chi connectivity index (χ2v) is 11.5. The van der Waals surface area contributed by atoms with Gasteiger partial charge in [-0.3, -0.25) is 8.42 Å². The first-order chi connectivity index (χ1) is 9.89. The normalized spacial score (nSPS) is 12.8. The molecule has 0 bridgehead atoms. The summed E-state index contributed by atoms with van der Waals surface area (Å²) in [6, 6.07) is 2.57. The van der Waals surface area contributed by atoms with Crippen LogP contribution in [0.2, 0.25) is 18.1 Å². The maximum Gasteiger partial charge on any atom is 0.387 e. The zero-order valence-electron chi connectivity index (χ0n) is 14.1. The average Bonchev–Trinajstić information content (AvgIpc) is 2.38. The van der Waals surface area contributed by atoms with E-state index in [2.05, 4.69) is 20.8 Å². The molecule has 0 aromatic rings. The Hall–Kier alpha value is 0.0869. The van der Waals surface area contributed by atoms with Crippen molar-refractivity contribution in [3.05, 3.63) is 0 Å². The van der Waals surface area contributed by atoms with Gasteiger partial charge in [-0.15, -0.1) is 0 Å². The third-order valence-corrected chi connectivity index (χ3v) is 10.0. The second kappa shape index (κ2) is 11.6. The summed E-state index contributed by atoms with van der Waals surface area (Å²) in [5.41, 5.74) is 0. The molecule has 0 amide bonds. The second-order valence-electron chi connectivity index (χ2n) is 6.07. The van der Waals surface area contributed by atoms with Gasteiger partial charge in [0, 0.05) is 0 Å². The summed E-state index contributed by atoms with van der Waals surface area (Å²) in [6.45, 7) is 6.42. The van der Waals surface area contributed by atoms with Gasteiger partial charge in [-0.1, -0.05) is 78.6 Å². The zero-order chi connectivity index (χ0) is 16.2. The van der Waals surface area contributed by atoms with Gasteiger partial charge in [-0.25, -0.2) is 0 Å². The first-order valence-electron chi connectivity index (χ1n) is 8.57. The predicted molar refractivity (Wildman–Crippen MR) is 91.4 cm³/mol. The molecular formula is C15H34O4SSi. The molecular weight excluding hydrogens is 304 g/mol. The van der Waals surface area contributed by atoms with E-state index in [0.29, 0.717) is 0 Å². The molecule has 0 fully saturated rings. The molecule has 0 unspecified atom stereocenters. The van der Waals surface area contributed by atoms with Crippen LogP contribution >= 0.6 is 0 Å². The van der Waals surface area contributed by atoms with Gasteiger partial charge in [0.05, 0.1) is 0 Å². The highest BCUT2D eigenvalue weighted by Crippen LogP contribution is 2.31. The molecule has 0 spiro atoms. The molecule has 0 rings (SSSR count). The van der Waals surface area contributed by atoms with Gasteiger partial charge in [0.1, 0.15) is 0 Å². The Morgan fingerprint density at radius 2 is 1.10 bits per heavy atom. The quantitative estimate of drug-likeness (QED) is 0.264. The van der Waals surface area contributed by atoms with Gasteiger partial charge in [0.15, 0.2) is 0 Å². The van der Waals surface area contributed by atoms with Crippen LogP contribution in [0.3, 0.4) is 0 Å². The van der Waals surface area contributed by atoms with E-state index in [0.717, 1.165) is 75.9 Å². The van der Waals surface area contributed by atoms with E-state index in [9.17, 15) is 13.0 Å². The molecule has 0 aliphatic carbocycles. The van der Waals surface area contributed by atoms with Crippen LogP contribution in [0.15, 0.2) is 0 Å². The lowest BCUT2D eigenvalue weighted by Crippen LogP contribution is -2.40. The van der Waals surface area contributed by atoms with E-state index < -0.39 is 18.7 Å². The van der Waals surface area contributed by atoms with Crippen molar-refractivity contribution in [2.75, 3.05) is 0 Å². The molecule has 0 saturated carbocycles. The summed E-state index contributed by atoms with van der Waals surface area (Å²) < 4.78 is 37.2.